The molecule has 3 N–H and O–H groups in total. The van der Waals surface area contributed by atoms with E-state index in [0.717, 1.165) is 0 Å². The van der Waals surface area contributed by atoms with Gasteiger partial charge in [-0.2, -0.15) is 0 Å². The zero-order valence-corrected chi connectivity index (χ0v) is 9.27. The average Bonchev–Trinajstić information content (AvgIpc) is 2.14. The van der Waals surface area contributed by atoms with E-state index >= 15 is 0 Å². The van der Waals surface area contributed by atoms with E-state index in [4.69, 9.17) is 5.73 Å². The molecule has 0 saturated carbocycles. The lowest BCUT2D eigenvalue weighted by molar-refractivity contribution is 0.0944. The minimum absolute atomic E-state index is 0.127. The number of carbonyl (C=O) groups excluding carboxylic acids is 1. The molecule has 94 valence electrons. The van der Waals surface area contributed by atoms with Gasteiger partial charge in [0.25, 0.3) is 5.91 Å². The molecule has 0 saturated heterocycles. The van der Waals surface area contributed by atoms with Gasteiger partial charge in [-0.1, -0.05) is 0 Å². The summed E-state index contributed by atoms with van der Waals surface area (Å²) in [6.45, 7) is 1.94. The van der Waals surface area contributed by atoms with Gasteiger partial charge >= 0.3 is 0 Å². The summed E-state index contributed by atoms with van der Waals surface area (Å²) in [5.74, 6) is -4.42. The van der Waals surface area contributed by atoms with Gasteiger partial charge in [-0.3, -0.25) is 4.79 Å². The maximum atomic E-state index is 13.2. The standard InChI is InChI=1S/C11H13F3N2O/c1-6(15)2-3-16-11(17)10-8(13)4-7(12)5-9(10)14/h4-6H,2-3,15H2,1H3,(H,16,17). The smallest absolute Gasteiger partial charge is 0.257 e. The van der Waals surface area contributed by atoms with Crippen LogP contribution in [0.15, 0.2) is 12.1 Å². The van der Waals surface area contributed by atoms with E-state index in [1.807, 2.05) is 0 Å². The Kier molecular flexibility index (Phi) is 4.51. The molecule has 0 aromatic heterocycles. The van der Waals surface area contributed by atoms with Gasteiger partial charge in [-0.25, -0.2) is 13.2 Å². The molecule has 0 aliphatic heterocycles. The second-order valence-electron chi connectivity index (χ2n) is 3.77. The average molecular weight is 246 g/mol. The van der Waals surface area contributed by atoms with Crippen LogP contribution in [0.2, 0.25) is 0 Å². The van der Waals surface area contributed by atoms with Gasteiger partial charge in [0.1, 0.15) is 23.0 Å². The summed E-state index contributed by atoms with van der Waals surface area (Å²) in [6, 6.07) is 0.797. The van der Waals surface area contributed by atoms with Crippen molar-refractivity contribution < 1.29 is 18.0 Å². The lowest BCUT2D eigenvalue weighted by Gasteiger charge is -2.08. The minimum atomic E-state index is -1.22. The molecular weight excluding hydrogens is 233 g/mol. The largest absolute Gasteiger partial charge is 0.352 e. The fourth-order valence-electron chi connectivity index (χ4n) is 1.26. The lowest BCUT2D eigenvalue weighted by atomic mass is 10.1. The second-order valence-corrected chi connectivity index (χ2v) is 3.77. The highest BCUT2D eigenvalue weighted by molar-refractivity contribution is 5.94. The predicted octanol–water partition coefficient (Wildman–Crippen LogP) is 1.57. The predicted molar refractivity (Wildman–Crippen MR) is 56.9 cm³/mol. The van der Waals surface area contributed by atoms with Crippen LogP contribution in [0, 0.1) is 17.5 Å². The molecule has 0 spiro atoms. The first-order valence-corrected chi connectivity index (χ1v) is 5.10. The number of nitrogens with one attached hydrogen (secondary N) is 1. The van der Waals surface area contributed by atoms with Crippen LogP contribution in [0.25, 0.3) is 0 Å². The third-order valence-corrected chi connectivity index (χ3v) is 2.12. The summed E-state index contributed by atoms with van der Waals surface area (Å²) in [4.78, 5) is 11.4. The topological polar surface area (TPSA) is 55.1 Å². The summed E-state index contributed by atoms with van der Waals surface area (Å²) in [7, 11) is 0. The third kappa shape index (κ3) is 3.74. The molecule has 1 atom stereocenters. The van der Waals surface area contributed by atoms with E-state index in [1.165, 1.54) is 0 Å². The Balaban J connectivity index is 2.76. The van der Waals surface area contributed by atoms with E-state index in [2.05, 4.69) is 5.32 Å². The van der Waals surface area contributed by atoms with Gasteiger partial charge in [0.05, 0.1) is 0 Å². The fourth-order valence-corrected chi connectivity index (χ4v) is 1.26. The maximum Gasteiger partial charge on any atom is 0.257 e. The van der Waals surface area contributed by atoms with Crippen molar-refractivity contribution in [1.29, 1.82) is 0 Å². The fraction of sp³-hybridized carbons (Fsp3) is 0.364. The van der Waals surface area contributed by atoms with Crippen molar-refractivity contribution in [2.24, 2.45) is 5.73 Å². The lowest BCUT2D eigenvalue weighted by Crippen LogP contribution is -2.30. The van der Waals surface area contributed by atoms with Crippen molar-refractivity contribution in [3.05, 3.63) is 35.1 Å². The summed E-state index contributed by atoms with van der Waals surface area (Å²) >= 11 is 0. The molecule has 0 bridgehead atoms. The van der Waals surface area contributed by atoms with E-state index in [9.17, 15) is 18.0 Å². The summed E-state index contributed by atoms with van der Waals surface area (Å²) in [5, 5.41) is 2.31. The molecule has 0 aliphatic rings. The molecule has 0 radical (unpaired) electrons. The molecule has 0 heterocycles. The molecule has 1 rings (SSSR count). The van der Waals surface area contributed by atoms with Gasteiger partial charge < -0.3 is 11.1 Å². The molecule has 3 nitrogen and oxygen atoms in total. The first-order chi connectivity index (χ1) is 7.91. The van der Waals surface area contributed by atoms with Crippen LogP contribution >= 0.6 is 0 Å². The Labute approximate surface area is 96.8 Å². The number of hydrogen-bond acceptors (Lipinski definition) is 2. The number of hydrogen-bond donors (Lipinski definition) is 2. The normalized spacial score (nSPS) is 12.3. The molecule has 1 aromatic rings. The summed E-state index contributed by atoms with van der Waals surface area (Å²) in [6.07, 6.45) is 0.482. The molecule has 0 fully saturated rings. The Hall–Kier alpha value is -1.56. The number of halogens is 3. The molecule has 1 amide bonds. The van der Waals surface area contributed by atoms with Crippen LogP contribution in [-0.2, 0) is 0 Å². The van der Waals surface area contributed by atoms with Gasteiger partial charge in [-0.05, 0) is 13.3 Å². The zero-order valence-electron chi connectivity index (χ0n) is 9.27. The minimum Gasteiger partial charge on any atom is -0.352 e. The van der Waals surface area contributed by atoms with E-state index in [-0.39, 0.29) is 12.6 Å². The molecule has 1 aromatic carbocycles. The Morgan fingerprint density at radius 2 is 1.88 bits per heavy atom. The van der Waals surface area contributed by atoms with Crippen molar-refractivity contribution in [2.45, 2.75) is 19.4 Å². The van der Waals surface area contributed by atoms with Gasteiger partial charge in [-0.15, -0.1) is 0 Å². The van der Waals surface area contributed by atoms with Gasteiger partial charge in [0.15, 0.2) is 0 Å². The van der Waals surface area contributed by atoms with Crippen molar-refractivity contribution in [3.8, 4) is 0 Å². The maximum absolute atomic E-state index is 13.2. The molecule has 1 unspecified atom stereocenters. The number of benzene rings is 1. The first kappa shape index (κ1) is 13.5. The number of amides is 1. The van der Waals surface area contributed by atoms with Crippen molar-refractivity contribution in [2.75, 3.05) is 6.54 Å². The molecule has 0 aliphatic carbocycles. The first-order valence-electron chi connectivity index (χ1n) is 5.10. The Bertz CT molecular complexity index is 398. The molecule has 6 heteroatoms. The van der Waals surface area contributed by atoms with Crippen LogP contribution in [-0.4, -0.2) is 18.5 Å². The van der Waals surface area contributed by atoms with E-state index in [1.54, 1.807) is 6.92 Å². The highest BCUT2D eigenvalue weighted by Crippen LogP contribution is 2.14. The van der Waals surface area contributed by atoms with E-state index < -0.39 is 28.9 Å². The second kappa shape index (κ2) is 5.67. The zero-order chi connectivity index (χ0) is 13.0. The van der Waals surface area contributed by atoms with Crippen LogP contribution in [0.4, 0.5) is 13.2 Å². The van der Waals surface area contributed by atoms with Crippen molar-refractivity contribution in [1.82, 2.24) is 5.32 Å². The van der Waals surface area contributed by atoms with Gasteiger partial charge in [0.2, 0.25) is 0 Å². The molecular formula is C11H13F3N2O. The van der Waals surface area contributed by atoms with Crippen molar-refractivity contribution in [3.63, 3.8) is 0 Å². The van der Waals surface area contributed by atoms with Crippen LogP contribution in [0.1, 0.15) is 23.7 Å². The third-order valence-electron chi connectivity index (χ3n) is 2.12. The highest BCUT2D eigenvalue weighted by Gasteiger charge is 2.18. The summed E-state index contributed by atoms with van der Waals surface area (Å²) in [5.41, 5.74) is 4.67. The van der Waals surface area contributed by atoms with Crippen LogP contribution in [0.3, 0.4) is 0 Å². The van der Waals surface area contributed by atoms with Crippen LogP contribution < -0.4 is 11.1 Å². The highest BCUT2D eigenvalue weighted by atomic mass is 19.1. The Morgan fingerprint density at radius 3 is 2.35 bits per heavy atom. The quantitative estimate of drug-likeness (QED) is 0.847. The van der Waals surface area contributed by atoms with E-state index in [0.29, 0.717) is 18.6 Å². The summed E-state index contributed by atoms with van der Waals surface area (Å²) < 4.78 is 39.0. The number of carbonyl (C=O) groups is 1. The number of rotatable bonds is 4. The SMILES string of the molecule is CC(N)CCNC(=O)c1c(F)cc(F)cc1F. The van der Waals surface area contributed by atoms with Gasteiger partial charge in [0, 0.05) is 24.7 Å². The Morgan fingerprint density at radius 1 is 1.35 bits per heavy atom. The number of nitrogens with two attached hydrogens (primary N) is 1. The monoisotopic (exact) mass is 246 g/mol. The van der Waals surface area contributed by atoms with Crippen LogP contribution in [0.5, 0.6) is 0 Å². The molecule has 17 heavy (non-hydrogen) atoms. The van der Waals surface area contributed by atoms with Crippen molar-refractivity contribution >= 4 is 5.91 Å².